The first-order chi connectivity index (χ1) is 22.5. The fraction of sp³-hybridized carbons (Fsp3) is 0.500. The molecule has 3 aromatic rings. The summed E-state index contributed by atoms with van der Waals surface area (Å²) in [5.74, 6) is 1.69. The molecule has 1 aliphatic carbocycles. The number of nitrogens with zero attached hydrogens (tertiary/aromatic N) is 3. The Morgan fingerprint density at radius 1 is 1.00 bits per heavy atom. The number of carbonyl (C=O) groups is 2. The van der Waals surface area contributed by atoms with E-state index in [-0.39, 0.29) is 24.0 Å². The van der Waals surface area contributed by atoms with Crippen LogP contribution in [0, 0.1) is 25.2 Å². The van der Waals surface area contributed by atoms with E-state index in [4.69, 9.17) is 23.9 Å². The average Bonchev–Trinajstić information content (AvgIpc) is 3.74. The Hall–Kier alpha value is -4.11. The number of aromatic nitrogens is 1. The summed E-state index contributed by atoms with van der Waals surface area (Å²) in [5.41, 5.74) is 6.60. The highest BCUT2D eigenvalue weighted by Gasteiger charge is 2.71. The maximum Gasteiger partial charge on any atom is 0.410 e. The fourth-order valence-electron chi connectivity index (χ4n) is 7.50. The van der Waals surface area contributed by atoms with E-state index < -0.39 is 11.0 Å². The van der Waals surface area contributed by atoms with Crippen molar-refractivity contribution in [2.75, 3.05) is 45.4 Å². The fourth-order valence-corrected chi connectivity index (χ4v) is 7.50. The summed E-state index contributed by atoms with van der Waals surface area (Å²) in [5, 5.41) is 0. The molecule has 250 valence electrons. The van der Waals surface area contributed by atoms with Gasteiger partial charge in [0.15, 0.2) is 0 Å². The lowest BCUT2D eigenvalue weighted by atomic mass is 9.94. The summed E-state index contributed by atoms with van der Waals surface area (Å²) in [6.07, 6.45) is 2.14. The Morgan fingerprint density at radius 2 is 1.77 bits per heavy atom. The van der Waals surface area contributed by atoms with Gasteiger partial charge in [0, 0.05) is 32.3 Å². The Balaban J connectivity index is 1.21. The normalized spacial score (nSPS) is 21.9. The number of anilines is 1. The number of para-hydroxylation sites is 1. The summed E-state index contributed by atoms with van der Waals surface area (Å²) in [6.45, 7) is 12.8. The van der Waals surface area contributed by atoms with Crippen LogP contribution in [0.1, 0.15) is 55.0 Å². The number of pyridine rings is 1. The average molecular weight is 642 g/mol. The van der Waals surface area contributed by atoms with Gasteiger partial charge in [-0.05, 0) is 106 Å². The van der Waals surface area contributed by atoms with Gasteiger partial charge in [-0.1, -0.05) is 30.3 Å². The first kappa shape index (κ1) is 32.8. The molecule has 2 aliphatic heterocycles. The van der Waals surface area contributed by atoms with Gasteiger partial charge in [0.2, 0.25) is 0 Å². The predicted molar refractivity (Wildman–Crippen MR) is 181 cm³/mol. The highest BCUT2D eigenvalue weighted by Crippen LogP contribution is 2.62. The smallest absolute Gasteiger partial charge is 0.410 e. The second kappa shape index (κ2) is 12.8. The van der Waals surface area contributed by atoms with Crippen LogP contribution in [0.15, 0.2) is 48.5 Å². The Labute approximate surface area is 278 Å². The van der Waals surface area contributed by atoms with E-state index in [0.717, 1.165) is 59.8 Å². The van der Waals surface area contributed by atoms with Crippen molar-refractivity contribution >= 4 is 17.9 Å². The lowest BCUT2D eigenvalue weighted by Gasteiger charge is -2.31. The first-order valence-electron chi connectivity index (χ1n) is 16.6. The third kappa shape index (κ3) is 6.30. The van der Waals surface area contributed by atoms with Gasteiger partial charge < -0.3 is 28.7 Å². The summed E-state index contributed by atoms with van der Waals surface area (Å²) < 4.78 is 23.1. The highest BCUT2D eigenvalue weighted by atomic mass is 16.6. The molecule has 2 aromatic carbocycles. The van der Waals surface area contributed by atoms with Crippen molar-refractivity contribution in [3.63, 3.8) is 0 Å². The number of hydrogen-bond acceptors (Lipinski definition) is 8. The number of benzene rings is 2. The molecule has 0 bridgehead atoms. The molecule has 9 nitrogen and oxygen atoms in total. The van der Waals surface area contributed by atoms with Crippen molar-refractivity contribution in [3.8, 4) is 17.0 Å². The van der Waals surface area contributed by atoms with E-state index in [1.54, 1.807) is 7.11 Å². The number of rotatable bonds is 8. The molecule has 0 spiro atoms. The molecule has 2 fully saturated rings. The number of piperidine rings is 1. The van der Waals surface area contributed by atoms with Gasteiger partial charge in [0.25, 0.3) is 0 Å². The van der Waals surface area contributed by atoms with Crippen molar-refractivity contribution in [2.24, 2.45) is 11.3 Å². The zero-order valence-electron chi connectivity index (χ0n) is 28.7. The standard InChI is InChI=1S/C38H47N3O6/c1-24-10-8-11-30(31-12-9-13-33(39-31)41-21-28-20-38(28,35(42)45-7)32(41)23-44-6)34(24)46-22-27-15-14-26-16-18-40(19-17-29(26)25(27)2)36(43)47-37(3,4)5/h8-15,28,32H,16-23H2,1-7H3/t28-,32+,38+/m0/s1. The zero-order chi connectivity index (χ0) is 33.5. The molecule has 3 atom stereocenters. The number of hydrogen-bond donors (Lipinski definition) is 0. The quantitative estimate of drug-likeness (QED) is 0.265. The predicted octanol–water partition coefficient (Wildman–Crippen LogP) is 6.29. The summed E-state index contributed by atoms with van der Waals surface area (Å²) in [4.78, 5) is 34.8. The highest BCUT2D eigenvalue weighted by molar-refractivity contribution is 5.84. The number of amides is 1. The second-order valence-corrected chi connectivity index (χ2v) is 14.1. The number of ether oxygens (including phenoxy) is 4. The number of fused-ring (bicyclic) bond motifs is 2. The number of carbonyl (C=O) groups excluding carboxylic acids is 2. The van der Waals surface area contributed by atoms with E-state index >= 15 is 0 Å². The van der Waals surface area contributed by atoms with E-state index in [1.807, 2.05) is 56.0 Å². The maximum absolute atomic E-state index is 12.8. The third-order valence-corrected chi connectivity index (χ3v) is 10.1. The van der Waals surface area contributed by atoms with E-state index in [1.165, 1.54) is 23.8 Å². The minimum atomic E-state index is -0.528. The Bertz CT molecular complexity index is 1670. The van der Waals surface area contributed by atoms with Crippen LogP contribution in [-0.2, 0) is 38.5 Å². The van der Waals surface area contributed by atoms with Crippen molar-refractivity contribution in [1.82, 2.24) is 9.88 Å². The maximum atomic E-state index is 12.8. The largest absolute Gasteiger partial charge is 0.488 e. The van der Waals surface area contributed by atoms with Crippen LogP contribution < -0.4 is 9.64 Å². The molecule has 0 N–H and O–H groups in total. The van der Waals surface area contributed by atoms with Crippen LogP contribution in [0.5, 0.6) is 5.75 Å². The molecule has 6 rings (SSSR count). The van der Waals surface area contributed by atoms with Crippen LogP contribution in [-0.4, -0.2) is 74.1 Å². The van der Waals surface area contributed by atoms with Gasteiger partial charge in [-0.25, -0.2) is 9.78 Å². The number of aryl methyl sites for hydroxylation is 1. The molecule has 1 aromatic heterocycles. The molecular weight excluding hydrogens is 594 g/mol. The second-order valence-electron chi connectivity index (χ2n) is 14.1. The monoisotopic (exact) mass is 641 g/mol. The van der Waals surface area contributed by atoms with Crippen LogP contribution in [0.4, 0.5) is 10.6 Å². The summed E-state index contributed by atoms with van der Waals surface area (Å²) in [7, 11) is 3.13. The molecule has 0 unspecified atom stereocenters. The van der Waals surface area contributed by atoms with Crippen LogP contribution in [0.25, 0.3) is 11.3 Å². The van der Waals surface area contributed by atoms with Gasteiger partial charge in [-0.3, -0.25) is 4.79 Å². The van der Waals surface area contributed by atoms with Crippen LogP contribution >= 0.6 is 0 Å². The SMILES string of the molecule is COC[C@H]1N(c2cccc(-c3cccc(C)c3OCc3ccc4c(c3C)CCN(C(=O)OC(C)(C)C)CC4)n2)C[C@@H]2C[C@@]21C(=O)OC. The molecule has 1 saturated carbocycles. The molecule has 0 radical (unpaired) electrons. The molecule has 3 aliphatic rings. The summed E-state index contributed by atoms with van der Waals surface area (Å²) in [6, 6.07) is 16.4. The molecule has 9 heteroatoms. The Morgan fingerprint density at radius 3 is 2.51 bits per heavy atom. The number of methoxy groups -OCH3 is 2. The lowest BCUT2D eigenvalue weighted by molar-refractivity contribution is -0.148. The van der Waals surface area contributed by atoms with E-state index in [9.17, 15) is 9.59 Å². The molecular formula is C38H47N3O6. The minimum Gasteiger partial charge on any atom is -0.488 e. The van der Waals surface area contributed by atoms with E-state index in [2.05, 4.69) is 36.9 Å². The van der Waals surface area contributed by atoms with Crippen molar-refractivity contribution in [1.29, 1.82) is 0 Å². The molecule has 47 heavy (non-hydrogen) atoms. The van der Waals surface area contributed by atoms with E-state index in [0.29, 0.717) is 26.3 Å². The van der Waals surface area contributed by atoms with Crippen molar-refractivity contribution < 1.29 is 28.5 Å². The zero-order valence-corrected chi connectivity index (χ0v) is 28.7. The third-order valence-electron chi connectivity index (χ3n) is 10.1. The number of esters is 1. The Kier molecular flexibility index (Phi) is 8.96. The van der Waals surface area contributed by atoms with Crippen molar-refractivity contribution in [2.45, 2.75) is 72.1 Å². The molecule has 1 saturated heterocycles. The van der Waals surface area contributed by atoms with Gasteiger partial charge in [0.05, 0.1) is 30.9 Å². The van der Waals surface area contributed by atoms with Crippen LogP contribution in [0.2, 0.25) is 0 Å². The van der Waals surface area contributed by atoms with Gasteiger partial charge in [-0.15, -0.1) is 0 Å². The van der Waals surface area contributed by atoms with Crippen LogP contribution in [0.3, 0.4) is 0 Å². The minimum absolute atomic E-state index is 0.131. The van der Waals surface area contributed by atoms with Crippen molar-refractivity contribution in [3.05, 3.63) is 76.3 Å². The topological polar surface area (TPSA) is 90.4 Å². The summed E-state index contributed by atoms with van der Waals surface area (Å²) >= 11 is 0. The van der Waals surface area contributed by atoms with Gasteiger partial charge in [0.1, 0.15) is 23.8 Å². The lowest BCUT2D eigenvalue weighted by Crippen LogP contribution is -2.44. The first-order valence-corrected chi connectivity index (χ1v) is 16.6. The molecule has 1 amide bonds. The van der Waals surface area contributed by atoms with Gasteiger partial charge in [-0.2, -0.15) is 0 Å². The van der Waals surface area contributed by atoms with Gasteiger partial charge >= 0.3 is 12.1 Å². The molecule has 3 heterocycles.